The fourth-order valence-corrected chi connectivity index (χ4v) is 7.20. The highest BCUT2D eigenvalue weighted by molar-refractivity contribution is 8.00. The van der Waals surface area contributed by atoms with E-state index in [-0.39, 0.29) is 35.3 Å². The summed E-state index contributed by atoms with van der Waals surface area (Å²) in [7, 11) is 0. The number of carbonyl (C=O) groups excluding carboxylic acids is 2. The van der Waals surface area contributed by atoms with Crippen molar-refractivity contribution in [1.29, 1.82) is 0 Å². The van der Waals surface area contributed by atoms with Gasteiger partial charge in [0.05, 0.1) is 21.5 Å². The summed E-state index contributed by atoms with van der Waals surface area (Å²) < 4.78 is 10.7. The van der Waals surface area contributed by atoms with Crippen molar-refractivity contribution in [3.05, 3.63) is 68.9 Å². The van der Waals surface area contributed by atoms with Gasteiger partial charge < -0.3 is 34.9 Å². The number of aromatic amines is 1. The number of nitrogens with zero attached hydrogens (tertiary/aromatic N) is 2. The molecule has 1 saturated heterocycles. The van der Waals surface area contributed by atoms with Crippen LogP contribution in [0.2, 0.25) is 0 Å². The molecule has 3 heterocycles. The molecule has 2 aromatic carbocycles. The van der Waals surface area contributed by atoms with Gasteiger partial charge in [0.25, 0.3) is 11.6 Å². The molecule has 2 aliphatic heterocycles. The zero-order valence-electron chi connectivity index (χ0n) is 22.3. The quantitative estimate of drug-likeness (QED) is 0.170. The maximum Gasteiger partial charge on any atom is 0.352 e. The number of aliphatic hydroxyl groups excluding tert-OH is 1. The molecule has 1 aromatic heterocycles. The standard InChI is InChI=1S/C28H26N4O9S/c1-13(33)40-10-15-12-42-27-24(26(35)31(27)25(15)28(36)37)30-21(34)11-41-16-6-8-17-14(9-16)5-7-18-22-19(29-23(17)18)3-2-4-20(22)32(38)39/h2-4,6,8-9,24,26-27,29,35H,5,7,10-12H2,1H3,(H,30,34)(H,36,37)/t24-,26?,27-/m1/s1. The van der Waals surface area contributed by atoms with E-state index in [4.69, 9.17) is 9.47 Å². The lowest BCUT2D eigenvalue weighted by atomic mass is 9.88. The fraction of sp³-hybridized carbons (Fsp3) is 0.321. The van der Waals surface area contributed by atoms with Crippen LogP contribution in [0.5, 0.6) is 5.75 Å². The third-order valence-corrected chi connectivity index (χ3v) is 9.03. The topological polar surface area (TPSA) is 184 Å². The van der Waals surface area contributed by atoms with Crippen LogP contribution >= 0.6 is 11.8 Å². The number of rotatable bonds is 8. The number of aryl methyl sites for hydroxylation is 2. The number of esters is 1. The molecule has 3 atom stereocenters. The zero-order valence-corrected chi connectivity index (χ0v) is 23.1. The predicted molar refractivity (Wildman–Crippen MR) is 151 cm³/mol. The summed E-state index contributed by atoms with van der Waals surface area (Å²) in [6.45, 7) is 0.723. The Balaban J connectivity index is 1.11. The Bertz CT molecular complexity index is 1680. The van der Waals surface area contributed by atoms with Gasteiger partial charge in [0.2, 0.25) is 0 Å². The lowest BCUT2D eigenvalue weighted by molar-refractivity contribution is -0.383. The predicted octanol–water partition coefficient (Wildman–Crippen LogP) is 2.31. The highest BCUT2D eigenvalue weighted by Crippen LogP contribution is 2.43. The zero-order chi connectivity index (χ0) is 29.7. The number of hydrogen-bond donors (Lipinski definition) is 4. The number of nitrogens with one attached hydrogen (secondary N) is 2. The van der Waals surface area contributed by atoms with Gasteiger partial charge in [0, 0.05) is 29.9 Å². The minimum atomic E-state index is -1.27. The van der Waals surface area contributed by atoms with E-state index in [1.54, 1.807) is 12.1 Å². The number of carbonyl (C=O) groups is 3. The Morgan fingerprint density at radius 2 is 2.05 bits per heavy atom. The highest BCUT2D eigenvalue weighted by atomic mass is 32.2. The molecule has 0 radical (unpaired) electrons. The van der Waals surface area contributed by atoms with Gasteiger partial charge in [-0.15, -0.1) is 11.8 Å². The van der Waals surface area contributed by atoms with Gasteiger partial charge in [-0.1, -0.05) is 6.07 Å². The van der Waals surface area contributed by atoms with E-state index in [0.717, 1.165) is 22.4 Å². The molecule has 1 unspecified atom stereocenters. The molecule has 3 aliphatic rings. The molecule has 1 amide bonds. The van der Waals surface area contributed by atoms with Gasteiger partial charge in [0.1, 0.15) is 29.5 Å². The lowest BCUT2D eigenvalue weighted by Gasteiger charge is -2.55. The van der Waals surface area contributed by atoms with Crippen molar-refractivity contribution in [1.82, 2.24) is 15.2 Å². The number of benzene rings is 2. The molecule has 42 heavy (non-hydrogen) atoms. The molecular formula is C28H26N4O9S. The number of ether oxygens (including phenoxy) is 2. The number of amides is 1. The minimum absolute atomic E-state index is 0.0726. The number of carboxylic acid groups (broad SMARTS) is 1. The van der Waals surface area contributed by atoms with Crippen LogP contribution < -0.4 is 10.1 Å². The van der Waals surface area contributed by atoms with Crippen molar-refractivity contribution in [3.63, 3.8) is 0 Å². The fourth-order valence-electron chi connectivity index (χ4n) is 5.80. The Hall–Kier alpha value is -4.56. The number of hydrogen-bond acceptors (Lipinski definition) is 10. The maximum absolute atomic E-state index is 12.7. The van der Waals surface area contributed by atoms with Crippen LogP contribution in [0, 0.1) is 10.1 Å². The van der Waals surface area contributed by atoms with Crippen molar-refractivity contribution in [2.45, 2.75) is 37.4 Å². The molecule has 14 heteroatoms. The summed E-state index contributed by atoms with van der Waals surface area (Å²) in [5.41, 5.74) is 4.67. The van der Waals surface area contributed by atoms with Gasteiger partial charge in [0.15, 0.2) is 12.8 Å². The monoisotopic (exact) mass is 594 g/mol. The SMILES string of the molecule is CC(=O)OCC1=C(C(=O)O)N2C(O)[C@@H](NC(=O)COc3ccc4c(c3)CCc3c-4[nH]c4cccc([N+](=O)[O-])c34)[C@H]2SC1. The number of aliphatic hydroxyl groups is 1. The summed E-state index contributed by atoms with van der Waals surface area (Å²) in [6.07, 6.45) is -0.0101. The second kappa shape index (κ2) is 10.7. The molecule has 13 nitrogen and oxygen atoms in total. The first-order chi connectivity index (χ1) is 20.1. The second-order valence-corrected chi connectivity index (χ2v) is 11.3. The third kappa shape index (κ3) is 4.71. The van der Waals surface area contributed by atoms with E-state index in [2.05, 4.69) is 10.3 Å². The minimum Gasteiger partial charge on any atom is -0.484 e. The maximum atomic E-state index is 12.7. The normalized spacial score (nSPS) is 20.6. The lowest BCUT2D eigenvalue weighted by Crippen LogP contribution is -2.73. The molecule has 218 valence electrons. The van der Waals surface area contributed by atoms with Crippen molar-refractivity contribution in [2.75, 3.05) is 19.0 Å². The number of carboxylic acids is 1. The molecule has 0 bridgehead atoms. The van der Waals surface area contributed by atoms with E-state index in [9.17, 15) is 34.7 Å². The average Bonchev–Trinajstić information content (AvgIpc) is 3.36. The number of non-ortho nitro benzene ring substituents is 1. The molecule has 1 aliphatic carbocycles. The Morgan fingerprint density at radius 1 is 1.24 bits per heavy atom. The summed E-state index contributed by atoms with van der Waals surface area (Å²) in [6, 6.07) is 9.70. The molecule has 4 N–H and O–H groups in total. The first kappa shape index (κ1) is 27.6. The number of aliphatic carboxylic acids is 1. The largest absolute Gasteiger partial charge is 0.484 e. The van der Waals surface area contributed by atoms with E-state index < -0.39 is 35.5 Å². The molecular weight excluding hydrogens is 568 g/mol. The Kier molecular flexibility index (Phi) is 7.02. The third-order valence-electron chi connectivity index (χ3n) is 7.65. The van der Waals surface area contributed by atoms with Crippen LogP contribution in [0.1, 0.15) is 18.1 Å². The summed E-state index contributed by atoms with van der Waals surface area (Å²) in [4.78, 5) is 51.6. The summed E-state index contributed by atoms with van der Waals surface area (Å²) in [5.74, 6) is -1.52. The smallest absolute Gasteiger partial charge is 0.352 e. The number of fused-ring (bicyclic) bond motifs is 6. The van der Waals surface area contributed by atoms with E-state index in [1.807, 2.05) is 18.2 Å². The van der Waals surface area contributed by atoms with Crippen LogP contribution in [0.4, 0.5) is 5.69 Å². The first-order valence-corrected chi connectivity index (χ1v) is 14.2. The van der Waals surface area contributed by atoms with Crippen molar-refractivity contribution in [2.24, 2.45) is 0 Å². The highest BCUT2D eigenvalue weighted by Gasteiger charge is 2.53. The van der Waals surface area contributed by atoms with Crippen LogP contribution in [0.3, 0.4) is 0 Å². The molecule has 6 rings (SSSR count). The molecule has 0 saturated carbocycles. The van der Waals surface area contributed by atoms with E-state index in [0.29, 0.717) is 35.1 Å². The van der Waals surface area contributed by atoms with Crippen molar-refractivity contribution >= 4 is 46.2 Å². The van der Waals surface area contributed by atoms with Gasteiger partial charge in [-0.2, -0.15) is 0 Å². The van der Waals surface area contributed by atoms with Crippen LogP contribution in [-0.4, -0.2) is 79.5 Å². The van der Waals surface area contributed by atoms with Crippen LogP contribution in [0.15, 0.2) is 47.7 Å². The van der Waals surface area contributed by atoms with E-state index in [1.165, 1.54) is 29.7 Å². The Labute approximate surface area is 242 Å². The second-order valence-electron chi connectivity index (χ2n) is 10.2. The van der Waals surface area contributed by atoms with Crippen molar-refractivity contribution < 1.29 is 39.0 Å². The summed E-state index contributed by atoms with van der Waals surface area (Å²) in [5, 5.41) is 34.8. The van der Waals surface area contributed by atoms with Crippen LogP contribution in [0.25, 0.3) is 22.2 Å². The number of aromatic nitrogens is 1. The molecule has 1 fully saturated rings. The van der Waals surface area contributed by atoms with Crippen LogP contribution in [-0.2, 0) is 32.0 Å². The average molecular weight is 595 g/mol. The van der Waals surface area contributed by atoms with Gasteiger partial charge >= 0.3 is 11.9 Å². The summed E-state index contributed by atoms with van der Waals surface area (Å²) >= 11 is 1.33. The number of nitro groups is 1. The van der Waals surface area contributed by atoms with Gasteiger partial charge in [-0.05, 0) is 48.2 Å². The first-order valence-electron chi connectivity index (χ1n) is 13.1. The van der Waals surface area contributed by atoms with Gasteiger partial charge in [-0.3, -0.25) is 19.7 Å². The van der Waals surface area contributed by atoms with Crippen molar-refractivity contribution in [3.8, 4) is 17.0 Å². The van der Waals surface area contributed by atoms with E-state index >= 15 is 0 Å². The number of nitro benzene ring substituents is 1. The number of thioether (sulfide) groups is 1. The molecule has 0 spiro atoms. The Morgan fingerprint density at radius 3 is 2.79 bits per heavy atom. The van der Waals surface area contributed by atoms with Gasteiger partial charge in [-0.25, -0.2) is 4.79 Å². The molecule has 3 aromatic rings. The number of H-pyrrole nitrogens is 1.